The number of hydrogen-bond acceptors (Lipinski definition) is 2. The van der Waals surface area contributed by atoms with Crippen LogP contribution in [0.3, 0.4) is 0 Å². The minimum atomic E-state index is -0.0257. The van der Waals surface area contributed by atoms with Crippen molar-refractivity contribution in [3.63, 3.8) is 0 Å². The topological polar surface area (TPSA) is 55.1 Å². The van der Waals surface area contributed by atoms with Gasteiger partial charge in [-0.25, -0.2) is 0 Å². The number of nitrogens with one attached hydrogen (secondary N) is 1. The first-order valence-electron chi connectivity index (χ1n) is 5.57. The van der Waals surface area contributed by atoms with E-state index in [1.807, 2.05) is 19.1 Å². The van der Waals surface area contributed by atoms with Crippen molar-refractivity contribution in [1.29, 1.82) is 0 Å². The summed E-state index contributed by atoms with van der Waals surface area (Å²) in [6.07, 6.45) is 1.06. The highest BCUT2D eigenvalue weighted by atomic mass is 16.1. The zero-order valence-electron chi connectivity index (χ0n) is 10.0. The Labute approximate surface area is 96.0 Å². The third kappa shape index (κ3) is 2.03. The van der Waals surface area contributed by atoms with E-state index in [0.29, 0.717) is 17.3 Å². The number of aryl methyl sites for hydroxylation is 1. The lowest BCUT2D eigenvalue weighted by molar-refractivity contribution is 0.0946. The molecule has 1 unspecified atom stereocenters. The summed E-state index contributed by atoms with van der Waals surface area (Å²) >= 11 is 0. The van der Waals surface area contributed by atoms with Crippen molar-refractivity contribution in [3.8, 4) is 0 Å². The molecule has 3 heteroatoms. The van der Waals surface area contributed by atoms with Gasteiger partial charge < -0.3 is 11.1 Å². The summed E-state index contributed by atoms with van der Waals surface area (Å²) in [4.78, 5) is 11.9. The standard InChI is InChI=1S/C13H18N2O/c1-8-4-5-9(6-10(8)14)12(16)15-11-7-13(11,2)3/h4-6,11H,7,14H2,1-3H3,(H,15,16). The molecule has 3 nitrogen and oxygen atoms in total. The molecule has 0 radical (unpaired) electrons. The van der Waals surface area contributed by atoms with Gasteiger partial charge in [-0.1, -0.05) is 19.9 Å². The van der Waals surface area contributed by atoms with Crippen LogP contribution in [0, 0.1) is 12.3 Å². The summed E-state index contributed by atoms with van der Waals surface area (Å²) in [5, 5.41) is 3.01. The molecular formula is C13H18N2O. The average molecular weight is 218 g/mol. The van der Waals surface area contributed by atoms with Gasteiger partial charge in [0.2, 0.25) is 0 Å². The number of anilines is 1. The molecule has 16 heavy (non-hydrogen) atoms. The Kier molecular flexibility index (Phi) is 2.41. The molecule has 1 aliphatic carbocycles. The van der Waals surface area contributed by atoms with Crippen LogP contribution in [0.15, 0.2) is 18.2 Å². The monoisotopic (exact) mass is 218 g/mol. The first-order chi connectivity index (χ1) is 7.40. The SMILES string of the molecule is Cc1ccc(C(=O)NC2CC2(C)C)cc1N. The van der Waals surface area contributed by atoms with Gasteiger partial charge in [-0.2, -0.15) is 0 Å². The molecule has 1 amide bonds. The fourth-order valence-electron chi connectivity index (χ4n) is 1.74. The van der Waals surface area contributed by atoms with Crippen molar-refractivity contribution in [2.75, 3.05) is 5.73 Å². The number of rotatable bonds is 2. The Hall–Kier alpha value is -1.51. The molecule has 0 bridgehead atoms. The zero-order valence-corrected chi connectivity index (χ0v) is 10.0. The largest absolute Gasteiger partial charge is 0.398 e. The smallest absolute Gasteiger partial charge is 0.251 e. The van der Waals surface area contributed by atoms with E-state index in [4.69, 9.17) is 5.73 Å². The molecule has 0 heterocycles. The minimum Gasteiger partial charge on any atom is -0.398 e. The number of benzene rings is 1. The Morgan fingerprint density at radius 1 is 1.50 bits per heavy atom. The Morgan fingerprint density at radius 3 is 2.62 bits per heavy atom. The van der Waals surface area contributed by atoms with Crippen LogP contribution in [0.1, 0.15) is 36.2 Å². The van der Waals surface area contributed by atoms with Crippen LogP contribution < -0.4 is 11.1 Å². The van der Waals surface area contributed by atoms with E-state index in [1.54, 1.807) is 6.07 Å². The lowest BCUT2D eigenvalue weighted by Crippen LogP contribution is -2.28. The van der Waals surface area contributed by atoms with E-state index >= 15 is 0 Å². The molecule has 1 aromatic rings. The molecule has 0 spiro atoms. The van der Waals surface area contributed by atoms with Crippen LogP contribution in [-0.2, 0) is 0 Å². The van der Waals surface area contributed by atoms with Crippen molar-refractivity contribution >= 4 is 11.6 Å². The van der Waals surface area contributed by atoms with Gasteiger partial charge in [0, 0.05) is 17.3 Å². The number of carbonyl (C=O) groups is 1. The molecule has 1 saturated carbocycles. The molecule has 1 aliphatic rings. The molecule has 86 valence electrons. The predicted molar refractivity (Wildman–Crippen MR) is 65.2 cm³/mol. The maximum Gasteiger partial charge on any atom is 0.251 e. The van der Waals surface area contributed by atoms with Crippen LogP contribution in [0.5, 0.6) is 0 Å². The summed E-state index contributed by atoms with van der Waals surface area (Å²) in [6.45, 7) is 6.24. The maximum atomic E-state index is 11.9. The van der Waals surface area contributed by atoms with E-state index in [2.05, 4.69) is 19.2 Å². The Bertz CT molecular complexity index is 438. The van der Waals surface area contributed by atoms with Gasteiger partial charge in [0.15, 0.2) is 0 Å². The quantitative estimate of drug-likeness (QED) is 0.747. The second kappa shape index (κ2) is 3.51. The van der Waals surface area contributed by atoms with Gasteiger partial charge in [0.05, 0.1) is 0 Å². The maximum absolute atomic E-state index is 11.9. The van der Waals surface area contributed by atoms with Crippen LogP contribution in [-0.4, -0.2) is 11.9 Å². The Morgan fingerprint density at radius 2 is 2.12 bits per heavy atom. The van der Waals surface area contributed by atoms with Gasteiger partial charge in [-0.15, -0.1) is 0 Å². The lowest BCUT2D eigenvalue weighted by atomic mass is 10.1. The van der Waals surface area contributed by atoms with Gasteiger partial charge in [-0.3, -0.25) is 4.79 Å². The van der Waals surface area contributed by atoms with Crippen molar-refractivity contribution < 1.29 is 4.79 Å². The van der Waals surface area contributed by atoms with E-state index in [1.165, 1.54) is 0 Å². The van der Waals surface area contributed by atoms with Gasteiger partial charge in [0.25, 0.3) is 5.91 Å². The highest BCUT2D eigenvalue weighted by Crippen LogP contribution is 2.44. The molecule has 0 aliphatic heterocycles. The van der Waals surface area contributed by atoms with Crippen LogP contribution in [0.4, 0.5) is 5.69 Å². The van der Waals surface area contributed by atoms with Crippen molar-refractivity contribution in [2.24, 2.45) is 5.41 Å². The number of nitrogens with two attached hydrogens (primary N) is 1. The number of carbonyl (C=O) groups excluding carboxylic acids is 1. The number of amides is 1. The third-order valence-electron chi connectivity index (χ3n) is 3.36. The van der Waals surface area contributed by atoms with Crippen LogP contribution >= 0.6 is 0 Å². The molecule has 1 fully saturated rings. The second-order valence-electron chi connectivity index (χ2n) is 5.29. The fourth-order valence-corrected chi connectivity index (χ4v) is 1.74. The summed E-state index contributed by atoms with van der Waals surface area (Å²) in [5.74, 6) is -0.0257. The Balaban J connectivity index is 2.07. The molecule has 1 aromatic carbocycles. The second-order valence-corrected chi connectivity index (χ2v) is 5.29. The third-order valence-corrected chi connectivity index (χ3v) is 3.36. The van der Waals surface area contributed by atoms with Crippen LogP contribution in [0.25, 0.3) is 0 Å². The van der Waals surface area contributed by atoms with Crippen molar-refractivity contribution in [1.82, 2.24) is 5.32 Å². The normalized spacial score (nSPS) is 21.6. The van der Waals surface area contributed by atoms with Gasteiger partial charge in [0.1, 0.15) is 0 Å². The first-order valence-corrected chi connectivity index (χ1v) is 5.57. The molecule has 2 rings (SSSR count). The van der Waals surface area contributed by atoms with E-state index in [0.717, 1.165) is 12.0 Å². The summed E-state index contributed by atoms with van der Waals surface area (Å²) < 4.78 is 0. The average Bonchev–Trinajstić information content (AvgIpc) is 2.78. The number of hydrogen-bond donors (Lipinski definition) is 2. The molecule has 0 saturated heterocycles. The van der Waals surface area contributed by atoms with Gasteiger partial charge >= 0.3 is 0 Å². The molecule has 1 atom stereocenters. The summed E-state index contributed by atoms with van der Waals surface area (Å²) in [5.41, 5.74) is 8.35. The molecule has 3 N–H and O–H groups in total. The molecular weight excluding hydrogens is 200 g/mol. The summed E-state index contributed by atoms with van der Waals surface area (Å²) in [7, 11) is 0. The van der Waals surface area contributed by atoms with E-state index in [9.17, 15) is 4.79 Å². The lowest BCUT2D eigenvalue weighted by Gasteiger charge is -2.08. The number of nitrogen functional groups attached to an aromatic ring is 1. The van der Waals surface area contributed by atoms with Gasteiger partial charge in [-0.05, 0) is 36.5 Å². The van der Waals surface area contributed by atoms with E-state index < -0.39 is 0 Å². The zero-order chi connectivity index (χ0) is 11.9. The minimum absolute atomic E-state index is 0.0257. The van der Waals surface area contributed by atoms with E-state index in [-0.39, 0.29) is 11.3 Å². The fraction of sp³-hybridized carbons (Fsp3) is 0.462. The van der Waals surface area contributed by atoms with Crippen molar-refractivity contribution in [2.45, 2.75) is 33.2 Å². The van der Waals surface area contributed by atoms with Crippen LogP contribution in [0.2, 0.25) is 0 Å². The highest BCUT2D eigenvalue weighted by molar-refractivity contribution is 5.95. The van der Waals surface area contributed by atoms with Crippen molar-refractivity contribution in [3.05, 3.63) is 29.3 Å². The first kappa shape index (κ1) is 11.0. The molecule has 0 aromatic heterocycles. The highest BCUT2D eigenvalue weighted by Gasteiger charge is 2.46. The summed E-state index contributed by atoms with van der Waals surface area (Å²) in [6, 6.07) is 5.74. The predicted octanol–water partition coefficient (Wildman–Crippen LogP) is 2.11.